The van der Waals surface area contributed by atoms with Crippen LogP contribution in [0.25, 0.3) is 0 Å². The molecule has 2 heterocycles. The van der Waals surface area contributed by atoms with E-state index in [9.17, 15) is 9.59 Å². The lowest BCUT2D eigenvalue weighted by Crippen LogP contribution is -2.52. The largest absolute Gasteiger partial charge is 0.481 e. The van der Waals surface area contributed by atoms with Gasteiger partial charge in [-0.05, 0) is 26.3 Å². The third kappa shape index (κ3) is 2.49. The Morgan fingerprint density at radius 1 is 1.44 bits per heavy atom. The zero-order valence-corrected chi connectivity index (χ0v) is 10.6. The molecule has 0 aromatic heterocycles. The van der Waals surface area contributed by atoms with Crippen LogP contribution in [0.15, 0.2) is 0 Å². The minimum absolute atomic E-state index is 0.0109. The van der Waals surface area contributed by atoms with Crippen molar-refractivity contribution in [2.75, 3.05) is 26.3 Å². The van der Waals surface area contributed by atoms with Crippen LogP contribution in [0.2, 0.25) is 0 Å². The highest BCUT2D eigenvalue weighted by Crippen LogP contribution is 2.22. The maximum atomic E-state index is 12.3. The average Bonchev–Trinajstić information content (AvgIpc) is 3.00. The number of nitrogens with one attached hydrogen (secondary N) is 1. The molecule has 2 fully saturated rings. The standard InChI is InChI=1S/C12H20N2O4/c1-2-14(11(15)9-4-3-5-13-9)10-7-18-6-8(10)12(16)17/h8-10,13H,2-7H2,1H3,(H,16,17). The van der Waals surface area contributed by atoms with E-state index in [4.69, 9.17) is 9.84 Å². The van der Waals surface area contributed by atoms with Crippen molar-refractivity contribution in [2.24, 2.45) is 5.92 Å². The van der Waals surface area contributed by atoms with E-state index in [1.165, 1.54) is 0 Å². The van der Waals surface area contributed by atoms with Gasteiger partial charge in [-0.3, -0.25) is 9.59 Å². The van der Waals surface area contributed by atoms with Crippen molar-refractivity contribution in [3.63, 3.8) is 0 Å². The molecule has 18 heavy (non-hydrogen) atoms. The van der Waals surface area contributed by atoms with Crippen molar-refractivity contribution >= 4 is 11.9 Å². The number of nitrogens with zero attached hydrogens (tertiary/aromatic N) is 1. The molecule has 2 rings (SSSR count). The highest BCUT2D eigenvalue weighted by Gasteiger charge is 2.41. The monoisotopic (exact) mass is 256 g/mol. The van der Waals surface area contributed by atoms with Crippen LogP contribution in [0.4, 0.5) is 0 Å². The van der Waals surface area contributed by atoms with Crippen LogP contribution in [-0.2, 0) is 14.3 Å². The summed E-state index contributed by atoms with van der Waals surface area (Å²) in [5.74, 6) is -1.48. The minimum Gasteiger partial charge on any atom is -0.481 e. The summed E-state index contributed by atoms with van der Waals surface area (Å²) in [6, 6.07) is -0.484. The van der Waals surface area contributed by atoms with Gasteiger partial charge in [-0.2, -0.15) is 0 Å². The van der Waals surface area contributed by atoms with E-state index in [0.717, 1.165) is 19.4 Å². The van der Waals surface area contributed by atoms with E-state index in [-0.39, 0.29) is 24.6 Å². The van der Waals surface area contributed by atoms with E-state index in [0.29, 0.717) is 13.2 Å². The highest BCUT2D eigenvalue weighted by atomic mass is 16.5. The lowest BCUT2D eigenvalue weighted by Gasteiger charge is -2.31. The van der Waals surface area contributed by atoms with Crippen LogP contribution >= 0.6 is 0 Å². The number of ether oxygens (including phenoxy) is 1. The molecule has 0 saturated carbocycles. The Kier molecular flexibility index (Phi) is 4.19. The summed E-state index contributed by atoms with van der Waals surface area (Å²) in [6.45, 7) is 3.78. The fraction of sp³-hybridized carbons (Fsp3) is 0.833. The molecule has 2 aliphatic heterocycles. The Balaban J connectivity index is 2.07. The quantitative estimate of drug-likeness (QED) is 0.721. The summed E-state index contributed by atoms with van der Waals surface area (Å²) < 4.78 is 5.23. The number of likely N-dealkylation sites (N-methyl/N-ethyl adjacent to an activating group) is 1. The molecule has 3 unspecified atom stereocenters. The molecule has 0 bridgehead atoms. The molecule has 2 aliphatic rings. The lowest BCUT2D eigenvalue weighted by atomic mass is 10.0. The van der Waals surface area contributed by atoms with Crippen molar-refractivity contribution in [2.45, 2.75) is 31.8 Å². The maximum absolute atomic E-state index is 12.3. The Morgan fingerprint density at radius 2 is 2.22 bits per heavy atom. The van der Waals surface area contributed by atoms with Gasteiger partial charge in [0.15, 0.2) is 0 Å². The molecule has 1 amide bonds. The van der Waals surface area contributed by atoms with E-state index < -0.39 is 11.9 Å². The summed E-state index contributed by atoms with van der Waals surface area (Å²) >= 11 is 0. The van der Waals surface area contributed by atoms with E-state index in [1.807, 2.05) is 6.92 Å². The molecular formula is C12H20N2O4. The highest BCUT2D eigenvalue weighted by molar-refractivity contribution is 5.83. The Morgan fingerprint density at radius 3 is 2.78 bits per heavy atom. The molecule has 0 spiro atoms. The third-order valence-electron chi connectivity index (χ3n) is 3.75. The van der Waals surface area contributed by atoms with Gasteiger partial charge >= 0.3 is 5.97 Å². The Labute approximate surface area is 106 Å². The van der Waals surface area contributed by atoms with Crippen LogP contribution in [0.5, 0.6) is 0 Å². The van der Waals surface area contributed by atoms with Crippen LogP contribution in [0.1, 0.15) is 19.8 Å². The van der Waals surface area contributed by atoms with Crippen molar-refractivity contribution in [3.8, 4) is 0 Å². The fourth-order valence-electron chi connectivity index (χ4n) is 2.74. The second-order valence-electron chi connectivity index (χ2n) is 4.82. The molecule has 2 saturated heterocycles. The van der Waals surface area contributed by atoms with Crippen molar-refractivity contribution in [3.05, 3.63) is 0 Å². The Bertz CT molecular complexity index is 328. The number of carboxylic acid groups (broad SMARTS) is 1. The van der Waals surface area contributed by atoms with E-state index >= 15 is 0 Å². The predicted octanol–water partition coefficient (Wildman–Crippen LogP) is -0.313. The SMILES string of the molecule is CCN(C(=O)C1CCCN1)C1COCC1C(=O)O. The van der Waals surface area contributed by atoms with E-state index in [1.54, 1.807) is 4.90 Å². The predicted molar refractivity (Wildman–Crippen MR) is 64.1 cm³/mol. The normalized spacial score (nSPS) is 31.5. The summed E-state index contributed by atoms with van der Waals surface area (Å²) in [5.41, 5.74) is 0. The van der Waals surface area contributed by atoms with Gasteiger partial charge in [0.1, 0.15) is 5.92 Å². The van der Waals surface area contributed by atoms with Gasteiger partial charge in [-0.15, -0.1) is 0 Å². The van der Waals surface area contributed by atoms with Gasteiger partial charge in [0, 0.05) is 6.54 Å². The van der Waals surface area contributed by atoms with E-state index in [2.05, 4.69) is 5.32 Å². The number of hydrogen-bond donors (Lipinski definition) is 2. The zero-order valence-electron chi connectivity index (χ0n) is 10.6. The van der Waals surface area contributed by atoms with Gasteiger partial charge in [0.05, 0.1) is 25.3 Å². The first-order valence-electron chi connectivity index (χ1n) is 6.49. The van der Waals surface area contributed by atoms with Gasteiger partial charge in [0.25, 0.3) is 0 Å². The summed E-state index contributed by atoms with van der Waals surface area (Å²) in [6.07, 6.45) is 1.83. The molecule has 0 radical (unpaired) electrons. The number of aliphatic carboxylic acids is 1. The molecule has 0 aliphatic carbocycles. The van der Waals surface area contributed by atoms with Crippen molar-refractivity contribution in [1.82, 2.24) is 10.2 Å². The molecular weight excluding hydrogens is 236 g/mol. The first kappa shape index (κ1) is 13.3. The van der Waals surface area contributed by atoms with Crippen LogP contribution in [-0.4, -0.2) is 60.3 Å². The maximum Gasteiger partial charge on any atom is 0.311 e. The molecule has 0 aromatic carbocycles. The smallest absolute Gasteiger partial charge is 0.311 e. The van der Waals surface area contributed by atoms with Crippen LogP contribution < -0.4 is 5.32 Å². The fourth-order valence-corrected chi connectivity index (χ4v) is 2.74. The molecule has 102 valence electrons. The molecule has 2 N–H and O–H groups in total. The van der Waals surface area contributed by atoms with Gasteiger partial charge in [-0.1, -0.05) is 0 Å². The van der Waals surface area contributed by atoms with Crippen molar-refractivity contribution < 1.29 is 19.4 Å². The number of rotatable bonds is 4. The second kappa shape index (κ2) is 5.67. The lowest BCUT2D eigenvalue weighted by molar-refractivity contribution is -0.145. The Hall–Kier alpha value is -1.14. The average molecular weight is 256 g/mol. The summed E-state index contributed by atoms with van der Waals surface area (Å²) in [7, 11) is 0. The first-order chi connectivity index (χ1) is 8.65. The zero-order chi connectivity index (χ0) is 13.1. The molecule has 6 heteroatoms. The molecule has 3 atom stereocenters. The molecule has 0 aromatic rings. The summed E-state index contributed by atoms with van der Waals surface area (Å²) in [4.78, 5) is 25.2. The third-order valence-corrected chi connectivity index (χ3v) is 3.75. The van der Waals surface area contributed by atoms with Crippen molar-refractivity contribution in [1.29, 1.82) is 0 Å². The van der Waals surface area contributed by atoms with Gasteiger partial charge in [0.2, 0.25) is 5.91 Å². The van der Waals surface area contributed by atoms with Crippen LogP contribution in [0.3, 0.4) is 0 Å². The topological polar surface area (TPSA) is 78.9 Å². The molecule has 6 nitrogen and oxygen atoms in total. The number of amides is 1. The van der Waals surface area contributed by atoms with Gasteiger partial charge < -0.3 is 20.1 Å². The summed E-state index contributed by atoms with van der Waals surface area (Å²) in [5, 5.41) is 12.3. The number of carbonyl (C=O) groups excluding carboxylic acids is 1. The number of carboxylic acids is 1. The van der Waals surface area contributed by atoms with Gasteiger partial charge in [-0.25, -0.2) is 0 Å². The second-order valence-corrected chi connectivity index (χ2v) is 4.82. The first-order valence-corrected chi connectivity index (χ1v) is 6.49. The minimum atomic E-state index is -0.886. The van der Waals surface area contributed by atoms with Crippen LogP contribution in [0, 0.1) is 5.92 Å². The number of hydrogen-bond acceptors (Lipinski definition) is 4. The number of carbonyl (C=O) groups is 2.